The van der Waals surface area contributed by atoms with Crippen LogP contribution < -0.4 is 15.7 Å². The molecule has 0 aliphatic heterocycles. The van der Waals surface area contributed by atoms with Gasteiger partial charge in [0.05, 0.1) is 24.8 Å². The summed E-state index contributed by atoms with van der Waals surface area (Å²) in [5, 5.41) is 15.6. The monoisotopic (exact) mass is 239 g/mol. The van der Waals surface area contributed by atoms with Crippen molar-refractivity contribution in [1.82, 2.24) is 10.6 Å². The first-order valence-corrected chi connectivity index (χ1v) is 5.28. The van der Waals surface area contributed by atoms with Gasteiger partial charge < -0.3 is 25.0 Å². The van der Waals surface area contributed by atoms with Gasteiger partial charge in [-0.05, 0) is 18.1 Å². The fourth-order valence-corrected chi connectivity index (χ4v) is 1.27. The highest BCUT2D eigenvalue weighted by molar-refractivity contribution is 5.81. The van der Waals surface area contributed by atoms with E-state index in [-0.39, 0.29) is 12.5 Å². The standard InChI is InChI=1S/C11H16N2O4/c1-7(2)9(10(14)15)13-11(16)12-6-8-4-3-5-17-8/h3-5,7,9H,6H2,1-2H3,(H,14,15)(H2,12,13,16)/p-1/t9-/m0/s1. The molecule has 6 heteroatoms. The zero-order valence-electron chi connectivity index (χ0n) is 9.73. The lowest BCUT2D eigenvalue weighted by Crippen LogP contribution is -2.53. The van der Waals surface area contributed by atoms with Gasteiger partial charge in [0, 0.05) is 0 Å². The molecule has 1 heterocycles. The molecule has 0 saturated carbocycles. The summed E-state index contributed by atoms with van der Waals surface area (Å²) in [4.78, 5) is 22.1. The number of hydrogen-bond donors (Lipinski definition) is 2. The van der Waals surface area contributed by atoms with Crippen molar-refractivity contribution in [1.29, 1.82) is 0 Å². The quantitative estimate of drug-likeness (QED) is 0.747. The average Bonchev–Trinajstić information content (AvgIpc) is 2.74. The molecule has 0 aliphatic rings. The highest BCUT2D eigenvalue weighted by Crippen LogP contribution is 2.01. The largest absolute Gasteiger partial charge is 0.548 e. The van der Waals surface area contributed by atoms with E-state index in [1.54, 1.807) is 26.0 Å². The molecular weight excluding hydrogens is 224 g/mol. The Morgan fingerprint density at radius 1 is 1.47 bits per heavy atom. The SMILES string of the molecule is CC(C)[C@H](NC(=O)NCc1ccco1)C(=O)[O-]. The minimum absolute atomic E-state index is 0.205. The number of hydrogen-bond acceptors (Lipinski definition) is 4. The van der Waals surface area contributed by atoms with E-state index in [9.17, 15) is 14.7 Å². The highest BCUT2D eigenvalue weighted by atomic mass is 16.4. The Bertz CT molecular complexity index is 373. The Labute approximate surface area is 99.0 Å². The van der Waals surface area contributed by atoms with Crippen LogP contribution in [0.4, 0.5) is 4.79 Å². The van der Waals surface area contributed by atoms with Gasteiger partial charge in [-0.15, -0.1) is 0 Å². The van der Waals surface area contributed by atoms with E-state index in [0.29, 0.717) is 5.76 Å². The first-order valence-electron chi connectivity index (χ1n) is 5.28. The topological polar surface area (TPSA) is 94.4 Å². The molecular formula is C11H15N2O4-. The molecule has 0 unspecified atom stereocenters. The zero-order chi connectivity index (χ0) is 12.8. The van der Waals surface area contributed by atoms with Crippen LogP contribution in [0, 0.1) is 5.92 Å². The van der Waals surface area contributed by atoms with E-state index in [4.69, 9.17) is 4.42 Å². The Morgan fingerprint density at radius 3 is 2.65 bits per heavy atom. The minimum atomic E-state index is -1.30. The fraction of sp³-hybridized carbons (Fsp3) is 0.455. The van der Waals surface area contributed by atoms with Crippen molar-refractivity contribution in [3.63, 3.8) is 0 Å². The molecule has 1 aromatic heterocycles. The minimum Gasteiger partial charge on any atom is -0.548 e. The maximum atomic E-state index is 11.4. The molecule has 6 nitrogen and oxygen atoms in total. The number of rotatable bonds is 5. The van der Waals surface area contributed by atoms with Gasteiger partial charge in [-0.2, -0.15) is 0 Å². The summed E-state index contributed by atoms with van der Waals surface area (Å²) >= 11 is 0. The zero-order valence-corrected chi connectivity index (χ0v) is 9.73. The molecule has 94 valence electrons. The van der Waals surface area contributed by atoms with Gasteiger partial charge in [-0.25, -0.2) is 4.79 Å². The molecule has 2 amide bonds. The normalized spacial score (nSPS) is 12.2. The van der Waals surface area contributed by atoms with Crippen molar-refractivity contribution in [2.45, 2.75) is 26.4 Å². The fourth-order valence-electron chi connectivity index (χ4n) is 1.27. The molecule has 1 aromatic rings. The third kappa shape index (κ3) is 4.18. The lowest BCUT2D eigenvalue weighted by atomic mass is 10.1. The molecule has 0 aliphatic carbocycles. The lowest BCUT2D eigenvalue weighted by Gasteiger charge is -2.23. The number of carboxylic acid groups (broad SMARTS) is 1. The summed E-state index contributed by atoms with van der Waals surface area (Å²) in [6.45, 7) is 3.58. The molecule has 0 aromatic carbocycles. The van der Waals surface area contributed by atoms with Crippen molar-refractivity contribution < 1.29 is 19.1 Å². The van der Waals surface area contributed by atoms with E-state index in [1.165, 1.54) is 6.26 Å². The van der Waals surface area contributed by atoms with Crippen LogP contribution in [-0.2, 0) is 11.3 Å². The Balaban J connectivity index is 2.40. The van der Waals surface area contributed by atoms with Crippen LogP contribution >= 0.6 is 0 Å². The second-order valence-electron chi connectivity index (χ2n) is 3.95. The number of carbonyl (C=O) groups excluding carboxylic acids is 2. The van der Waals surface area contributed by atoms with Crippen molar-refractivity contribution in [3.05, 3.63) is 24.2 Å². The number of nitrogens with one attached hydrogen (secondary N) is 2. The van der Waals surface area contributed by atoms with Gasteiger partial charge >= 0.3 is 6.03 Å². The van der Waals surface area contributed by atoms with Gasteiger partial charge in [-0.1, -0.05) is 13.8 Å². The molecule has 0 radical (unpaired) electrons. The number of furan rings is 1. The Morgan fingerprint density at radius 2 is 2.18 bits per heavy atom. The number of carboxylic acids is 1. The van der Waals surface area contributed by atoms with Crippen LogP contribution in [0.2, 0.25) is 0 Å². The number of amides is 2. The van der Waals surface area contributed by atoms with Crippen molar-refractivity contribution in [3.8, 4) is 0 Å². The van der Waals surface area contributed by atoms with Gasteiger partial charge in [0.2, 0.25) is 0 Å². The van der Waals surface area contributed by atoms with Crippen LogP contribution in [0.15, 0.2) is 22.8 Å². The van der Waals surface area contributed by atoms with Crippen LogP contribution in [-0.4, -0.2) is 18.0 Å². The smallest absolute Gasteiger partial charge is 0.315 e. The summed E-state index contributed by atoms with van der Waals surface area (Å²) in [6, 6.07) is 1.84. The van der Waals surface area contributed by atoms with Gasteiger partial charge in [-0.3, -0.25) is 0 Å². The molecule has 1 rings (SSSR count). The maximum Gasteiger partial charge on any atom is 0.315 e. The molecule has 2 N–H and O–H groups in total. The first kappa shape index (κ1) is 13.1. The molecule has 0 fully saturated rings. The summed E-state index contributed by atoms with van der Waals surface area (Å²) in [7, 11) is 0. The Kier molecular flexibility index (Phi) is 4.56. The van der Waals surface area contributed by atoms with E-state index in [2.05, 4.69) is 10.6 Å². The number of urea groups is 1. The molecule has 1 atom stereocenters. The average molecular weight is 239 g/mol. The first-order chi connectivity index (χ1) is 8.00. The summed E-state index contributed by atoms with van der Waals surface area (Å²) in [5.74, 6) is -0.947. The van der Waals surface area contributed by atoms with E-state index < -0.39 is 18.0 Å². The van der Waals surface area contributed by atoms with Crippen LogP contribution in [0.1, 0.15) is 19.6 Å². The number of carbonyl (C=O) groups is 2. The Hall–Kier alpha value is -1.98. The second kappa shape index (κ2) is 5.93. The van der Waals surface area contributed by atoms with Crippen molar-refractivity contribution >= 4 is 12.0 Å². The highest BCUT2D eigenvalue weighted by Gasteiger charge is 2.16. The van der Waals surface area contributed by atoms with Gasteiger partial charge in [0.1, 0.15) is 5.76 Å². The van der Waals surface area contributed by atoms with E-state index in [0.717, 1.165) is 0 Å². The molecule has 17 heavy (non-hydrogen) atoms. The maximum absolute atomic E-state index is 11.4. The predicted octanol–water partition coefficient (Wildman–Crippen LogP) is -0.147. The third-order valence-electron chi connectivity index (χ3n) is 2.21. The molecule has 0 spiro atoms. The van der Waals surface area contributed by atoms with Crippen molar-refractivity contribution in [2.75, 3.05) is 0 Å². The molecule has 0 saturated heterocycles. The summed E-state index contributed by atoms with van der Waals surface area (Å²) in [6.07, 6.45) is 1.49. The van der Waals surface area contributed by atoms with Gasteiger partial charge in [0.15, 0.2) is 0 Å². The van der Waals surface area contributed by atoms with Crippen molar-refractivity contribution in [2.24, 2.45) is 5.92 Å². The van der Waals surface area contributed by atoms with Gasteiger partial charge in [0.25, 0.3) is 0 Å². The van der Waals surface area contributed by atoms with Crippen LogP contribution in [0.5, 0.6) is 0 Å². The van der Waals surface area contributed by atoms with Crippen LogP contribution in [0.25, 0.3) is 0 Å². The van der Waals surface area contributed by atoms with Crippen LogP contribution in [0.3, 0.4) is 0 Å². The summed E-state index contributed by atoms with van der Waals surface area (Å²) in [5.41, 5.74) is 0. The van der Waals surface area contributed by atoms with E-state index >= 15 is 0 Å². The predicted molar refractivity (Wildman–Crippen MR) is 57.7 cm³/mol. The third-order valence-corrected chi connectivity index (χ3v) is 2.21. The molecule has 0 bridgehead atoms. The van der Waals surface area contributed by atoms with E-state index in [1.807, 2.05) is 0 Å². The summed E-state index contributed by atoms with van der Waals surface area (Å²) < 4.78 is 5.01. The number of aliphatic carboxylic acids is 1. The second-order valence-corrected chi connectivity index (χ2v) is 3.95. The lowest BCUT2D eigenvalue weighted by molar-refractivity contribution is -0.309.